The van der Waals surface area contributed by atoms with Gasteiger partial charge in [-0.2, -0.15) is 0 Å². The predicted molar refractivity (Wildman–Crippen MR) is 136 cm³/mol. The molecule has 0 fully saturated rings. The third kappa shape index (κ3) is 4.55. The lowest BCUT2D eigenvalue weighted by Crippen LogP contribution is -2.45. The summed E-state index contributed by atoms with van der Waals surface area (Å²) >= 11 is 0. The molecule has 0 atom stereocenters. The highest BCUT2D eigenvalue weighted by Crippen LogP contribution is 2.42. The molecular weight excluding hydrogens is 492 g/mol. The van der Waals surface area contributed by atoms with E-state index in [9.17, 15) is 19.7 Å². The number of hydrogen-bond acceptors (Lipinski definition) is 8. The van der Waals surface area contributed by atoms with E-state index in [1.807, 2.05) is 0 Å². The molecule has 38 heavy (non-hydrogen) atoms. The highest BCUT2D eigenvalue weighted by atomic mass is 16.7. The molecule has 0 saturated heterocycles. The number of methoxy groups -OCH3 is 2. The maximum absolute atomic E-state index is 13.3. The molecule has 2 aliphatic rings. The standard InChI is InChI=1S/C28H22N2O8/c1-35-22-11-3-18(4-12-22)24-15-26(31)29-17-28(37-24,20-7-9-21(10-8-20)30(33)34)38-25(16-27(29)32)19-5-13-23(36-2)14-6-19/h3-16H,17H2,1-2H3. The van der Waals surface area contributed by atoms with Gasteiger partial charge in [-0.3, -0.25) is 24.6 Å². The van der Waals surface area contributed by atoms with Gasteiger partial charge in [0.05, 0.1) is 19.1 Å². The van der Waals surface area contributed by atoms with Gasteiger partial charge < -0.3 is 18.9 Å². The number of nitrogens with zero attached hydrogens (tertiary/aromatic N) is 2. The molecule has 10 heteroatoms. The minimum Gasteiger partial charge on any atom is -0.497 e. The summed E-state index contributed by atoms with van der Waals surface area (Å²) < 4.78 is 23.4. The van der Waals surface area contributed by atoms with Crippen LogP contribution in [0.15, 0.2) is 84.9 Å². The zero-order valence-corrected chi connectivity index (χ0v) is 20.5. The van der Waals surface area contributed by atoms with Crippen molar-refractivity contribution in [3.05, 3.63) is 112 Å². The van der Waals surface area contributed by atoms with Crippen LogP contribution in [-0.2, 0) is 24.8 Å². The van der Waals surface area contributed by atoms with Crippen LogP contribution in [-0.4, -0.2) is 42.4 Å². The molecule has 2 heterocycles. The van der Waals surface area contributed by atoms with Gasteiger partial charge in [0.1, 0.15) is 29.6 Å². The number of fused-ring (bicyclic) bond motifs is 2. The molecule has 3 aromatic rings. The van der Waals surface area contributed by atoms with Crippen molar-refractivity contribution in [2.75, 3.05) is 20.8 Å². The summed E-state index contributed by atoms with van der Waals surface area (Å²) in [5.74, 6) is -1.39. The molecule has 0 saturated carbocycles. The second-order valence-electron chi connectivity index (χ2n) is 8.50. The number of carbonyl (C=O) groups is 2. The Morgan fingerprint density at radius 2 is 1.21 bits per heavy atom. The molecule has 2 aliphatic heterocycles. The zero-order chi connectivity index (χ0) is 26.9. The van der Waals surface area contributed by atoms with Crippen LogP contribution >= 0.6 is 0 Å². The van der Waals surface area contributed by atoms with E-state index in [0.717, 1.165) is 4.90 Å². The maximum atomic E-state index is 13.3. The van der Waals surface area contributed by atoms with Crippen LogP contribution in [0.5, 0.6) is 11.5 Å². The maximum Gasteiger partial charge on any atom is 0.296 e. The first-order valence-corrected chi connectivity index (χ1v) is 11.5. The molecule has 2 amide bonds. The third-order valence-corrected chi connectivity index (χ3v) is 6.22. The molecule has 0 N–H and O–H groups in total. The number of amides is 2. The van der Waals surface area contributed by atoms with E-state index < -0.39 is 22.5 Å². The molecule has 0 unspecified atom stereocenters. The number of benzene rings is 3. The Morgan fingerprint density at radius 1 is 0.763 bits per heavy atom. The van der Waals surface area contributed by atoms with E-state index in [1.54, 1.807) is 48.5 Å². The van der Waals surface area contributed by atoms with Crippen LogP contribution in [0.25, 0.3) is 11.5 Å². The number of hydrogen-bond donors (Lipinski definition) is 0. The summed E-state index contributed by atoms with van der Waals surface area (Å²) in [7, 11) is 3.08. The first-order chi connectivity index (χ1) is 18.3. The first kappa shape index (κ1) is 24.6. The lowest BCUT2D eigenvalue weighted by Gasteiger charge is -2.35. The average molecular weight is 514 g/mol. The van der Waals surface area contributed by atoms with Crippen molar-refractivity contribution < 1.29 is 33.5 Å². The summed E-state index contributed by atoms with van der Waals surface area (Å²) in [4.78, 5) is 38.3. The average Bonchev–Trinajstić information content (AvgIpc) is 3.19. The van der Waals surface area contributed by atoms with Gasteiger partial charge in [0.15, 0.2) is 0 Å². The second kappa shape index (κ2) is 9.74. The first-order valence-electron chi connectivity index (χ1n) is 11.5. The smallest absolute Gasteiger partial charge is 0.296 e. The topological polar surface area (TPSA) is 117 Å². The predicted octanol–water partition coefficient (Wildman–Crippen LogP) is 4.26. The number of imide groups is 1. The third-order valence-electron chi connectivity index (χ3n) is 6.22. The normalized spacial score (nSPS) is 16.2. The molecule has 0 aliphatic carbocycles. The van der Waals surface area contributed by atoms with Gasteiger partial charge in [-0.1, -0.05) is 0 Å². The molecule has 5 rings (SSSR count). The van der Waals surface area contributed by atoms with Gasteiger partial charge in [0.2, 0.25) is 0 Å². The number of non-ortho nitro benzene ring substituents is 1. The highest BCUT2D eigenvalue weighted by Gasteiger charge is 2.47. The minimum atomic E-state index is -1.72. The Balaban J connectivity index is 1.66. The van der Waals surface area contributed by atoms with Gasteiger partial charge in [-0.05, 0) is 60.7 Å². The fourth-order valence-corrected chi connectivity index (χ4v) is 4.19. The van der Waals surface area contributed by atoms with E-state index >= 15 is 0 Å². The fourth-order valence-electron chi connectivity index (χ4n) is 4.19. The summed E-state index contributed by atoms with van der Waals surface area (Å²) in [6, 6.07) is 19.3. The van der Waals surface area contributed by atoms with E-state index in [-0.39, 0.29) is 23.8 Å². The number of nitro benzene ring substituents is 1. The van der Waals surface area contributed by atoms with Crippen LogP contribution in [0.3, 0.4) is 0 Å². The van der Waals surface area contributed by atoms with Gasteiger partial charge in [0, 0.05) is 41.0 Å². The second-order valence-corrected chi connectivity index (χ2v) is 8.50. The summed E-state index contributed by atoms with van der Waals surface area (Å²) in [5, 5.41) is 11.3. The number of ether oxygens (including phenoxy) is 4. The van der Waals surface area contributed by atoms with Gasteiger partial charge in [-0.15, -0.1) is 0 Å². The Morgan fingerprint density at radius 3 is 1.61 bits per heavy atom. The molecule has 0 aromatic heterocycles. The van der Waals surface area contributed by atoms with Crippen LogP contribution < -0.4 is 9.47 Å². The molecule has 0 spiro atoms. The van der Waals surface area contributed by atoms with E-state index in [2.05, 4.69) is 0 Å². The van der Waals surface area contributed by atoms with Crippen molar-refractivity contribution in [1.82, 2.24) is 4.90 Å². The SMILES string of the molecule is COc1ccc(C2=CC(=O)N3CC(c4ccc([N+](=O)[O-])cc4)(O2)OC(c2ccc(OC)cc2)=CC3=O)cc1. The van der Waals surface area contributed by atoms with E-state index in [4.69, 9.17) is 18.9 Å². The Labute approximate surface area is 217 Å². The molecule has 192 valence electrons. The Hall–Kier alpha value is -5.12. The molecule has 3 aromatic carbocycles. The highest BCUT2D eigenvalue weighted by molar-refractivity contribution is 6.09. The Kier molecular flexibility index (Phi) is 6.29. The number of rotatable bonds is 6. The largest absolute Gasteiger partial charge is 0.497 e. The van der Waals surface area contributed by atoms with Gasteiger partial charge in [0.25, 0.3) is 23.3 Å². The molecular formula is C28H22N2O8. The molecule has 2 bridgehead atoms. The van der Waals surface area contributed by atoms with Crippen LogP contribution in [0.4, 0.5) is 5.69 Å². The fraction of sp³-hybridized carbons (Fsp3) is 0.143. The van der Waals surface area contributed by atoms with Gasteiger partial charge >= 0.3 is 0 Å². The lowest BCUT2D eigenvalue weighted by molar-refractivity contribution is -0.384. The van der Waals surface area contributed by atoms with Crippen molar-refractivity contribution in [2.24, 2.45) is 0 Å². The quantitative estimate of drug-likeness (QED) is 0.272. The lowest BCUT2D eigenvalue weighted by atomic mass is 10.0. The zero-order valence-electron chi connectivity index (χ0n) is 20.5. The molecule has 0 radical (unpaired) electrons. The van der Waals surface area contributed by atoms with E-state index in [0.29, 0.717) is 28.2 Å². The Bertz CT molecular complexity index is 1380. The van der Waals surface area contributed by atoms with Gasteiger partial charge in [-0.25, -0.2) is 0 Å². The molecule has 10 nitrogen and oxygen atoms in total. The van der Waals surface area contributed by atoms with Crippen molar-refractivity contribution in [2.45, 2.75) is 5.79 Å². The van der Waals surface area contributed by atoms with Crippen LogP contribution in [0.2, 0.25) is 0 Å². The summed E-state index contributed by atoms with van der Waals surface area (Å²) in [5.41, 5.74) is 1.32. The minimum absolute atomic E-state index is 0.131. The summed E-state index contributed by atoms with van der Waals surface area (Å²) in [6.07, 6.45) is 2.45. The van der Waals surface area contributed by atoms with Crippen molar-refractivity contribution in [3.63, 3.8) is 0 Å². The van der Waals surface area contributed by atoms with Crippen LogP contribution in [0, 0.1) is 10.1 Å². The summed E-state index contributed by atoms with van der Waals surface area (Å²) in [6.45, 7) is -0.297. The monoisotopic (exact) mass is 514 g/mol. The van der Waals surface area contributed by atoms with Crippen molar-refractivity contribution in [3.8, 4) is 11.5 Å². The van der Waals surface area contributed by atoms with Crippen molar-refractivity contribution >= 4 is 29.0 Å². The van der Waals surface area contributed by atoms with E-state index in [1.165, 1.54) is 50.6 Å². The number of nitro groups is 1. The van der Waals surface area contributed by atoms with Crippen LogP contribution in [0.1, 0.15) is 16.7 Å². The number of carbonyl (C=O) groups excluding carboxylic acids is 2. The van der Waals surface area contributed by atoms with Crippen molar-refractivity contribution in [1.29, 1.82) is 0 Å².